The van der Waals surface area contributed by atoms with Crippen LogP contribution < -0.4 is 10.4 Å². The number of hydrogen-bond acceptors (Lipinski definition) is 5. The van der Waals surface area contributed by atoms with Gasteiger partial charge in [0.05, 0.1) is 16.9 Å². The smallest absolute Gasteiger partial charge is 0.343 e. The summed E-state index contributed by atoms with van der Waals surface area (Å²) in [5.41, 5.74) is 1.01. The summed E-state index contributed by atoms with van der Waals surface area (Å²) in [5, 5.41) is 0.636. The van der Waals surface area contributed by atoms with Gasteiger partial charge in [-0.15, -0.1) is 0 Å². The first-order chi connectivity index (χ1) is 13.1. The molecule has 27 heavy (non-hydrogen) atoms. The van der Waals surface area contributed by atoms with Crippen molar-refractivity contribution in [1.82, 2.24) is 0 Å². The summed E-state index contributed by atoms with van der Waals surface area (Å²) in [6, 6.07) is 16.4. The molecule has 2 aromatic carbocycles. The second-order valence-electron chi connectivity index (χ2n) is 7.01. The van der Waals surface area contributed by atoms with E-state index in [1.807, 2.05) is 36.4 Å². The zero-order chi connectivity index (χ0) is 18.5. The molecule has 134 valence electrons. The lowest BCUT2D eigenvalue weighted by molar-refractivity contribution is -0.143. The van der Waals surface area contributed by atoms with Crippen LogP contribution in [-0.2, 0) is 9.59 Å². The van der Waals surface area contributed by atoms with Crippen LogP contribution in [0.3, 0.4) is 0 Å². The van der Waals surface area contributed by atoms with Gasteiger partial charge < -0.3 is 9.15 Å². The number of carbonyl (C=O) groups excluding carboxylic acids is 2. The van der Waals surface area contributed by atoms with E-state index in [-0.39, 0.29) is 24.4 Å². The molecule has 0 saturated heterocycles. The molecule has 1 aliphatic heterocycles. The topological polar surface area (TPSA) is 73.6 Å². The maximum absolute atomic E-state index is 12.9. The average molecular weight is 360 g/mol. The molecule has 0 radical (unpaired) electrons. The first kappa shape index (κ1) is 16.0. The van der Waals surface area contributed by atoms with E-state index in [1.54, 1.807) is 18.2 Å². The lowest BCUT2D eigenvalue weighted by Gasteiger charge is -2.40. The van der Waals surface area contributed by atoms with Gasteiger partial charge in [0.1, 0.15) is 17.1 Å². The van der Waals surface area contributed by atoms with Gasteiger partial charge in [-0.05, 0) is 17.7 Å². The molecule has 3 aromatic rings. The van der Waals surface area contributed by atoms with Gasteiger partial charge in [-0.2, -0.15) is 0 Å². The Bertz CT molecular complexity index is 1130. The lowest BCUT2D eigenvalue weighted by Crippen LogP contribution is -2.50. The summed E-state index contributed by atoms with van der Waals surface area (Å²) in [7, 11) is 0. The molecule has 1 unspecified atom stereocenters. The molecule has 0 bridgehead atoms. The molecule has 1 saturated carbocycles. The molecule has 3 atom stereocenters. The summed E-state index contributed by atoms with van der Waals surface area (Å²) in [6.07, 6.45) is -0.508. The maximum Gasteiger partial charge on any atom is 0.343 e. The van der Waals surface area contributed by atoms with E-state index in [1.165, 1.54) is 0 Å². The highest BCUT2D eigenvalue weighted by Crippen LogP contribution is 2.47. The molecule has 1 fully saturated rings. The highest BCUT2D eigenvalue weighted by Gasteiger charge is 2.50. The van der Waals surface area contributed by atoms with Crippen LogP contribution in [0.15, 0.2) is 63.8 Å². The van der Waals surface area contributed by atoms with Crippen LogP contribution in [-0.4, -0.2) is 17.7 Å². The summed E-state index contributed by atoms with van der Waals surface area (Å²) >= 11 is 0. The first-order valence-electron chi connectivity index (χ1n) is 8.98. The number of benzene rings is 2. The van der Waals surface area contributed by atoms with Gasteiger partial charge in [-0.25, -0.2) is 4.79 Å². The van der Waals surface area contributed by atoms with Crippen molar-refractivity contribution in [2.24, 2.45) is 5.92 Å². The molecule has 1 aliphatic carbocycles. The van der Waals surface area contributed by atoms with E-state index in [4.69, 9.17) is 9.15 Å². The van der Waals surface area contributed by atoms with Crippen LogP contribution in [0.5, 0.6) is 5.75 Å². The van der Waals surface area contributed by atoms with Crippen LogP contribution in [0.25, 0.3) is 11.0 Å². The second-order valence-corrected chi connectivity index (χ2v) is 7.01. The van der Waals surface area contributed by atoms with Gasteiger partial charge in [-0.1, -0.05) is 42.5 Å². The summed E-state index contributed by atoms with van der Waals surface area (Å²) in [4.78, 5) is 38.3. The second kappa shape index (κ2) is 5.91. The van der Waals surface area contributed by atoms with Crippen molar-refractivity contribution in [3.05, 3.63) is 76.1 Å². The predicted octanol–water partition coefficient (Wildman–Crippen LogP) is 3.23. The normalized spacial score (nSPS) is 24.2. The summed E-state index contributed by atoms with van der Waals surface area (Å²) < 4.78 is 11.6. The predicted molar refractivity (Wildman–Crippen MR) is 97.9 cm³/mol. The first-order valence-corrected chi connectivity index (χ1v) is 8.98. The number of rotatable bonds is 1. The number of ether oxygens (including phenoxy) is 1. The molecular weight excluding hydrogens is 344 g/mol. The Kier molecular flexibility index (Phi) is 3.50. The molecule has 0 amide bonds. The maximum atomic E-state index is 12.9. The zero-order valence-electron chi connectivity index (χ0n) is 14.4. The van der Waals surface area contributed by atoms with E-state index in [9.17, 15) is 14.4 Å². The van der Waals surface area contributed by atoms with Crippen LogP contribution in [0.1, 0.15) is 29.9 Å². The minimum Gasteiger partial charge on any atom is -0.480 e. The molecular formula is C22H16O5. The minimum atomic E-state index is -0.867. The SMILES string of the molecule is O=C1CCC(=O)[C@@H]2Oc3c(c(=O)oc4ccccc34)[C@@H](c3ccccc3)C12. The van der Waals surface area contributed by atoms with E-state index in [0.29, 0.717) is 22.3 Å². The Hall–Kier alpha value is -3.21. The molecule has 5 nitrogen and oxygen atoms in total. The third kappa shape index (κ3) is 2.35. The Morgan fingerprint density at radius 1 is 0.815 bits per heavy atom. The number of fused-ring (bicyclic) bond motifs is 4. The van der Waals surface area contributed by atoms with Crippen molar-refractivity contribution in [1.29, 1.82) is 0 Å². The number of ketones is 2. The minimum absolute atomic E-state index is 0.0494. The van der Waals surface area contributed by atoms with Crippen molar-refractivity contribution in [3.8, 4) is 5.75 Å². The molecule has 2 heterocycles. The van der Waals surface area contributed by atoms with Crippen molar-refractivity contribution in [3.63, 3.8) is 0 Å². The fraction of sp³-hybridized carbons (Fsp3) is 0.227. The number of carbonyl (C=O) groups is 2. The third-order valence-electron chi connectivity index (χ3n) is 5.51. The lowest BCUT2D eigenvalue weighted by atomic mass is 9.69. The zero-order valence-corrected chi connectivity index (χ0v) is 14.4. The Morgan fingerprint density at radius 2 is 1.52 bits per heavy atom. The highest BCUT2D eigenvalue weighted by molar-refractivity contribution is 6.00. The van der Waals surface area contributed by atoms with Crippen molar-refractivity contribution >= 4 is 22.5 Å². The van der Waals surface area contributed by atoms with E-state index in [0.717, 1.165) is 5.56 Å². The molecule has 5 rings (SSSR count). The van der Waals surface area contributed by atoms with Gasteiger partial charge >= 0.3 is 5.63 Å². The quantitative estimate of drug-likeness (QED) is 0.623. The van der Waals surface area contributed by atoms with Crippen LogP contribution in [0.4, 0.5) is 0 Å². The van der Waals surface area contributed by atoms with Crippen LogP contribution in [0, 0.1) is 5.92 Å². The van der Waals surface area contributed by atoms with Crippen LogP contribution in [0.2, 0.25) is 0 Å². The number of Topliss-reactive ketones (excluding diaryl/α,β-unsaturated/α-hetero) is 2. The van der Waals surface area contributed by atoms with Gasteiger partial charge in [0.25, 0.3) is 0 Å². The fourth-order valence-electron chi connectivity index (χ4n) is 4.30. The summed E-state index contributed by atoms with van der Waals surface area (Å²) in [6.45, 7) is 0. The Morgan fingerprint density at radius 3 is 2.33 bits per heavy atom. The highest BCUT2D eigenvalue weighted by atomic mass is 16.5. The van der Waals surface area contributed by atoms with E-state index < -0.39 is 23.6 Å². The van der Waals surface area contributed by atoms with Gasteiger partial charge in [0.15, 0.2) is 11.9 Å². The molecule has 5 heteroatoms. The number of hydrogen-bond donors (Lipinski definition) is 0. The Balaban J connectivity index is 1.85. The third-order valence-corrected chi connectivity index (χ3v) is 5.51. The standard InChI is InChI=1S/C22H16O5/c23-14-10-11-15(24)21-18(14)17(12-6-2-1-3-7-12)19-20(27-21)13-8-4-5-9-16(13)26-22(19)25/h1-9,17-18,21H,10-11H2/t17-,18?,21-/m0/s1. The largest absolute Gasteiger partial charge is 0.480 e. The molecule has 0 N–H and O–H groups in total. The van der Waals surface area contributed by atoms with Crippen molar-refractivity contribution in [2.45, 2.75) is 24.9 Å². The fourth-order valence-corrected chi connectivity index (χ4v) is 4.30. The van der Waals surface area contributed by atoms with Gasteiger partial charge in [0.2, 0.25) is 0 Å². The molecule has 2 aliphatic rings. The van der Waals surface area contributed by atoms with Gasteiger partial charge in [-0.3, -0.25) is 9.59 Å². The van der Waals surface area contributed by atoms with Gasteiger partial charge in [0, 0.05) is 18.8 Å². The van der Waals surface area contributed by atoms with E-state index >= 15 is 0 Å². The monoisotopic (exact) mass is 360 g/mol. The van der Waals surface area contributed by atoms with E-state index in [2.05, 4.69) is 0 Å². The van der Waals surface area contributed by atoms with Crippen molar-refractivity contribution < 1.29 is 18.7 Å². The van der Waals surface area contributed by atoms with Crippen molar-refractivity contribution in [2.75, 3.05) is 0 Å². The molecule has 0 spiro atoms. The number of para-hydroxylation sites is 1. The average Bonchev–Trinajstić information content (AvgIpc) is 2.70. The van der Waals surface area contributed by atoms with Crippen LogP contribution >= 0.6 is 0 Å². The summed E-state index contributed by atoms with van der Waals surface area (Å²) in [5.74, 6) is -1.04. The Labute approximate surface area is 154 Å². The molecule has 1 aromatic heterocycles.